The van der Waals surface area contributed by atoms with E-state index in [0.717, 1.165) is 15.3 Å². The van der Waals surface area contributed by atoms with E-state index in [9.17, 15) is 34.1 Å². The summed E-state index contributed by atoms with van der Waals surface area (Å²) < 4.78 is 46.9. The number of nitrogens with zero attached hydrogens (tertiary/aromatic N) is 10. The summed E-state index contributed by atoms with van der Waals surface area (Å²) in [6, 6.07) is 2.52. The van der Waals surface area contributed by atoms with Crippen molar-refractivity contribution in [3.63, 3.8) is 0 Å². The zero-order valence-corrected chi connectivity index (χ0v) is 24.9. The number of carbonyl (C=O) groups excluding carboxylic acids is 1. The summed E-state index contributed by atoms with van der Waals surface area (Å²) in [4.78, 5) is 47.6. The highest BCUT2D eigenvalue weighted by Gasteiger charge is 2.59. The fraction of sp³-hybridized carbons (Fsp3) is 0.625. The SMILES string of the molecule is CC(C)C(=O)O[C@H]1[C@@H](F)[C@H](n2ccc(N)nc2=O)O[C@@]1(CO)CN=[N+]=[N-].[N-]=[N+]=NC[C@]1(CO)O[C@@H](n2ccc(N)nc2=O)[C@H](F)[C@@H]1O. The molecule has 7 N–H and O–H groups in total. The van der Waals surface area contributed by atoms with Gasteiger partial charge in [0.15, 0.2) is 30.9 Å². The van der Waals surface area contributed by atoms with E-state index in [1.165, 1.54) is 18.3 Å². The van der Waals surface area contributed by atoms with Gasteiger partial charge in [-0.2, -0.15) is 9.97 Å². The number of halogens is 2. The van der Waals surface area contributed by atoms with Gasteiger partial charge in [-0.25, -0.2) is 18.4 Å². The maximum atomic E-state index is 15.1. The number of azide groups is 2. The molecule has 0 aromatic carbocycles. The Labute approximate surface area is 262 Å². The number of rotatable bonds is 10. The van der Waals surface area contributed by atoms with E-state index in [0.29, 0.717) is 0 Å². The third kappa shape index (κ3) is 7.58. The molecular weight excluding hydrogens is 638 g/mol. The van der Waals surface area contributed by atoms with Crippen LogP contribution in [0.25, 0.3) is 20.9 Å². The smallest absolute Gasteiger partial charge is 0.351 e. The summed E-state index contributed by atoms with van der Waals surface area (Å²) in [5.74, 6) is -1.42. The van der Waals surface area contributed by atoms with Crippen LogP contribution in [0.2, 0.25) is 0 Å². The van der Waals surface area contributed by atoms with Gasteiger partial charge in [-0.3, -0.25) is 13.9 Å². The molecule has 4 rings (SSSR count). The minimum absolute atomic E-state index is 0.0484. The van der Waals surface area contributed by atoms with Gasteiger partial charge >= 0.3 is 17.3 Å². The first-order chi connectivity index (χ1) is 22.2. The zero-order chi connectivity index (χ0) is 35.1. The minimum Gasteiger partial charge on any atom is -0.456 e. The van der Waals surface area contributed by atoms with Crippen LogP contribution in [0.1, 0.15) is 26.3 Å². The molecule has 0 radical (unpaired) electrons. The van der Waals surface area contributed by atoms with E-state index in [-0.39, 0.29) is 11.6 Å². The number of anilines is 2. The Bertz CT molecular complexity index is 1650. The standard InChI is InChI=1S/C14H19FN6O5.C10H13FN6O4/c1-7(2)12(23)25-10-9(15)11(21-4-3-8(16)19-13(21)24)26-14(10,6-22)5-18-20-17;11-6-7(19)10(4-18,3-14-16-13)21-8(6)17-2-1-5(12)15-9(17)20/h3-4,7,9-11,22H,5-6H2,1-2H3,(H2,16,19,24);1-2,6-8,18-19H,3-4H2,(H2,12,15,20)/t9-,10+,11-,14-;6-,7+,8-,10-/m11/s1. The first kappa shape index (κ1) is 36.6. The molecule has 0 saturated carbocycles. The minimum atomic E-state index is -2.03. The van der Waals surface area contributed by atoms with E-state index >= 15 is 4.39 Å². The number of aliphatic hydroxyl groups is 3. The lowest BCUT2D eigenvalue weighted by Crippen LogP contribution is -2.50. The fourth-order valence-corrected chi connectivity index (χ4v) is 4.65. The molecule has 21 nitrogen and oxygen atoms in total. The Kier molecular flexibility index (Phi) is 11.8. The summed E-state index contributed by atoms with van der Waals surface area (Å²) in [7, 11) is 0. The van der Waals surface area contributed by atoms with E-state index in [1.54, 1.807) is 13.8 Å². The van der Waals surface area contributed by atoms with Gasteiger partial charge < -0.3 is 41.0 Å². The number of ether oxygens (including phenoxy) is 3. The number of nitrogens with two attached hydrogens (primary N) is 2. The number of hydrogen-bond donors (Lipinski definition) is 5. The second-order valence-corrected chi connectivity index (χ2v) is 10.7. The number of carbonyl (C=O) groups is 1. The largest absolute Gasteiger partial charge is 0.456 e. The topological polar surface area (TPSA) is 325 Å². The van der Waals surface area contributed by atoms with Gasteiger partial charge in [0.05, 0.1) is 32.2 Å². The number of hydrogen-bond acceptors (Lipinski definition) is 15. The molecule has 2 saturated heterocycles. The Morgan fingerprint density at radius 2 is 1.43 bits per heavy atom. The molecule has 2 aromatic rings. The number of aromatic nitrogens is 4. The Morgan fingerprint density at radius 3 is 1.85 bits per heavy atom. The van der Waals surface area contributed by atoms with Crippen LogP contribution < -0.4 is 22.8 Å². The molecule has 2 fully saturated rings. The van der Waals surface area contributed by atoms with E-state index < -0.39 is 97.8 Å². The maximum absolute atomic E-state index is 15.1. The normalized spacial score (nSPS) is 29.7. The lowest BCUT2D eigenvalue weighted by molar-refractivity contribution is -0.170. The van der Waals surface area contributed by atoms with Crippen LogP contribution in [0.5, 0.6) is 0 Å². The Hall–Kier alpha value is -4.89. The lowest BCUT2D eigenvalue weighted by Gasteiger charge is -2.30. The van der Waals surface area contributed by atoms with E-state index in [1.807, 2.05) is 0 Å². The van der Waals surface area contributed by atoms with Crippen LogP contribution in [0.4, 0.5) is 20.4 Å². The van der Waals surface area contributed by atoms with Gasteiger partial charge in [-0.15, -0.1) is 0 Å². The fourth-order valence-electron chi connectivity index (χ4n) is 4.65. The van der Waals surface area contributed by atoms with Crippen LogP contribution in [0.3, 0.4) is 0 Å². The van der Waals surface area contributed by atoms with E-state index in [4.69, 9.17) is 36.7 Å². The molecule has 0 bridgehead atoms. The van der Waals surface area contributed by atoms with Crippen molar-refractivity contribution in [2.45, 2.75) is 62.1 Å². The molecule has 0 amide bonds. The van der Waals surface area contributed by atoms with Crippen LogP contribution in [-0.2, 0) is 19.0 Å². The monoisotopic (exact) mass is 670 g/mol. The predicted octanol–water partition coefficient (Wildman–Crippen LogP) is -0.604. The van der Waals surface area contributed by atoms with Crippen molar-refractivity contribution in [2.75, 3.05) is 37.8 Å². The first-order valence-corrected chi connectivity index (χ1v) is 13.7. The molecule has 0 unspecified atom stereocenters. The van der Waals surface area contributed by atoms with Gasteiger partial charge in [0.2, 0.25) is 0 Å². The summed E-state index contributed by atoms with van der Waals surface area (Å²) in [5.41, 5.74) is 22.2. The molecule has 2 aromatic heterocycles. The highest BCUT2D eigenvalue weighted by atomic mass is 19.1. The quantitative estimate of drug-likeness (QED) is 0.0913. The second kappa shape index (κ2) is 15.1. The molecule has 47 heavy (non-hydrogen) atoms. The number of nitrogen functional groups attached to an aromatic ring is 2. The van der Waals surface area contributed by atoms with Crippen molar-refractivity contribution in [1.82, 2.24) is 19.1 Å². The summed E-state index contributed by atoms with van der Waals surface area (Å²) in [6.07, 6.45) is -8.15. The average Bonchev–Trinajstić information content (AvgIpc) is 3.45. The number of alkyl halides is 2. The van der Waals surface area contributed by atoms with Crippen molar-refractivity contribution < 1.29 is 43.1 Å². The zero-order valence-electron chi connectivity index (χ0n) is 24.9. The van der Waals surface area contributed by atoms with Crippen molar-refractivity contribution in [3.8, 4) is 0 Å². The number of aliphatic hydroxyl groups excluding tert-OH is 3. The maximum Gasteiger partial charge on any atom is 0.351 e. The summed E-state index contributed by atoms with van der Waals surface area (Å²) in [5, 5.41) is 35.5. The highest BCUT2D eigenvalue weighted by molar-refractivity contribution is 5.72. The molecule has 8 atom stereocenters. The average molecular weight is 671 g/mol. The van der Waals surface area contributed by atoms with E-state index in [2.05, 4.69) is 30.0 Å². The van der Waals surface area contributed by atoms with Gasteiger partial charge in [0, 0.05) is 22.2 Å². The van der Waals surface area contributed by atoms with Crippen LogP contribution in [0, 0.1) is 5.92 Å². The Balaban J connectivity index is 0.000000261. The molecule has 0 spiro atoms. The molecule has 0 aliphatic carbocycles. The molecule has 2 aliphatic heterocycles. The van der Waals surface area contributed by atoms with Crippen LogP contribution >= 0.6 is 0 Å². The first-order valence-electron chi connectivity index (χ1n) is 13.7. The van der Waals surface area contributed by atoms with Crippen molar-refractivity contribution in [1.29, 1.82) is 0 Å². The third-order valence-corrected chi connectivity index (χ3v) is 7.21. The molecule has 256 valence electrons. The Morgan fingerprint density at radius 1 is 0.979 bits per heavy atom. The van der Waals surface area contributed by atoms with Crippen molar-refractivity contribution >= 4 is 17.6 Å². The van der Waals surface area contributed by atoms with Crippen LogP contribution in [-0.4, -0.2) is 102 Å². The van der Waals surface area contributed by atoms with Gasteiger partial charge in [-0.05, 0) is 23.2 Å². The van der Waals surface area contributed by atoms with Gasteiger partial charge in [0.25, 0.3) is 0 Å². The molecular formula is C24H32F2N12O9. The molecule has 2 aliphatic rings. The third-order valence-electron chi connectivity index (χ3n) is 7.21. The number of esters is 1. The molecule has 23 heteroatoms. The summed E-state index contributed by atoms with van der Waals surface area (Å²) in [6.45, 7) is 0.493. The van der Waals surface area contributed by atoms with Crippen molar-refractivity contribution in [2.24, 2.45) is 16.1 Å². The highest BCUT2D eigenvalue weighted by Crippen LogP contribution is 2.41. The van der Waals surface area contributed by atoms with Gasteiger partial charge in [0.1, 0.15) is 28.9 Å². The lowest BCUT2D eigenvalue weighted by atomic mass is 9.96. The second-order valence-electron chi connectivity index (χ2n) is 10.7. The van der Waals surface area contributed by atoms with Gasteiger partial charge in [-0.1, -0.05) is 24.1 Å². The molecule has 4 heterocycles. The predicted molar refractivity (Wildman–Crippen MR) is 154 cm³/mol. The van der Waals surface area contributed by atoms with Crippen molar-refractivity contribution in [3.05, 3.63) is 66.4 Å². The van der Waals surface area contributed by atoms with Crippen LogP contribution in [0.15, 0.2) is 44.3 Å². The summed E-state index contributed by atoms with van der Waals surface area (Å²) >= 11 is 0.